The van der Waals surface area contributed by atoms with Crippen molar-refractivity contribution in [3.05, 3.63) is 253 Å². The van der Waals surface area contributed by atoms with E-state index in [9.17, 15) is 0 Å². The number of para-hydroxylation sites is 3. The van der Waals surface area contributed by atoms with Crippen LogP contribution in [0.15, 0.2) is 236 Å². The fourth-order valence-electron chi connectivity index (χ4n) is 8.66. The average Bonchev–Trinajstić information content (AvgIpc) is 3.30. The van der Waals surface area contributed by atoms with Crippen LogP contribution in [0.2, 0.25) is 0 Å². The summed E-state index contributed by atoms with van der Waals surface area (Å²) in [6.07, 6.45) is 7.13. The van der Waals surface area contributed by atoms with Gasteiger partial charge in [0.25, 0.3) is 0 Å². The second kappa shape index (κ2) is 18.0. The highest BCUT2D eigenvalue weighted by Crippen LogP contribution is 2.42. The first-order valence-electron chi connectivity index (χ1n) is 21.5. The summed E-state index contributed by atoms with van der Waals surface area (Å²) in [5, 5.41) is 0. The Hall–Kier alpha value is -7.56. The zero-order chi connectivity index (χ0) is 42.4. The van der Waals surface area contributed by atoms with Crippen LogP contribution >= 0.6 is 0 Å². The van der Waals surface area contributed by atoms with E-state index in [0.29, 0.717) is 0 Å². The van der Waals surface area contributed by atoms with E-state index < -0.39 is 0 Å². The third kappa shape index (κ3) is 8.54. The van der Waals surface area contributed by atoms with Crippen molar-refractivity contribution < 1.29 is 0 Å². The van der Waals surface area contributed by atoms with Crippen molar-refractivity contribution in [2.24, 2.45) is 5.92 Å². The van der Waals surface area contributed by atoms with Crippen LogP contribution < -0.4 is 19.6 Å². The van der Waals surface area contributed by atoms with Gasteiger partial charge in [-0.1, -0.05) is 110 Å². The van der Waals surface area contributed by atoms with Gasteiger partial charge in [-0.15, -0.1) is 0 Å². The molecule has 0 saturated heterocycles. The summed E-state index contributed by atoms with van der Waals surface area (Å²) in [5.41, 5.74) is 16.0. The Morgan fingerprint density at radius 2 is 0.661 bits per heavy atom. The number of rotatable bonds is 12. The summed E-state index contributed by atoms with van der Waals surface area (Å²) in [5.74, 6) is 0.182. The van der Waals surface area contributed by atoms with Crippen LogP contribution in [0, 0.1) is 26.7 Å². The molecule has 2 atom stereocenters. The molecule has 0 radical (unpaired) electrons. The summed E-state index contributed by atoms with van der Waals surface area (Å²) in [4.78, 5) is 9.53. The second-order valence-electron chi connectivity index (χ2n) is 16.2. The molecule has 0 bridgehead atoms. The molecule has 8 aromatic rings. The second-order valence-corrected chi connectivity index (χ2v) is 16.2. The van der Waals surface area contributed by atoms with Crippen LogP contribution in [0.3, 0.4) is 0 Å². The SMILES string of the molecule is Cc1cccc(N(c2ccccc2)c2ccc(N(C3=CC(C)C(N(c4ccccc4)c4cccc(C)c4)C=C3)c3ccc(N(c4ccccc4)c4cccc(C)c4)cc3)cc2)c1. The molecule has 1 aliphatic carbocycles. The standard InChI is InChI=1S/C58H52N4/c1-43-17-14-26-54(39-43)59(47-20-8-5-9-21-47)50-29-33-52(34-30-50)61(53-35-31-51(32-36-53)60(48-22-10-6-11-23-48)55-27-15-18-44(2)40-55)57-37-38-58(46(4)42-57)62(49-24-12-7-13-25-49)56-28-16-19-45(3)41-56/h5-42,46,58H,1-4H3. The van der Waals surface area contributed by atoms with Gasteiger partial charge in [0.2, 0.25) is 0 Å². The first kappa shape index (κ1) is 39.9. The van der Waals surface area contributed by atoms with E-state index in [1.165, 1.54) is 28.1 Å². The van der Waals surface area contributed by atoms with Crippen LogP contribution in [0.4, 0.5) is 56.9 Å². The average molecular weight is 805 g/mol. The maximum absolute atomic E-state index is 2.47. The van der Waals surface area contributed by atoms with Gasteiger partial charge in [0.05, 0.1) is 6.04 Å². The monoisotopic (exact) mass is 804 g/mol. The smallest absolute Gasteiger partial charge is 0.0586 e. The molecule has 0 spiro atoms. The van der Waals surface area contributed by atoms with E-state index >= 15 is 0 Å². The predicted molar refractivity (Wildman–Crippen MR) is 264 cm³/mol. The van der Waals surface area contributed by atoms with Crippen molar-refractivity contribution in [3.8, 4) is 0 Å². The first-order valence-corrected chi connectivity index (χ1v) is 21.5. The zero-order valence-electron chi connectivity index (χ0n) is 35.9. The van der Waals surface area contributed by atoms with Crippen LogP contribution in [-0.2, 0) is 0 Å². The number of aryl methyl sites for hydroxylation is 3. The van der Waals surface area contributed by atoms with Gasteiger partial charge in [0.1, 0.15) is 0 Å². The Labute approximate surface area is 367 Å². The highest BCUT2D eigenvalue weighted by atomic mass is 15.2. The zero-order valence-corrected chi connectivity index (χ0v) is 35.9. The lowest BCUT2D eigenvalue weighted by Crippen LogP contribution is -2.36. The Bertz CT molecular complexity index is 2660. The normalized spacial score (nSPS) is 14.5. The number of benzene rings is 8. The molecule has 0 amide bonds. The Morgan fingerprint density at radius 3 is 1.06 bits per heavy atom. The van der Waals surface area contributed by atoms with E-state index in [1.807, 2.05) is 0 Å². The molecule has 4 heteroatoms. The maximum atomic E-state index is 2.47. The van der Waals surface area contributed by atoms with Gasteiger partial charge in [-0.25, -0.2) is 0 Å². The maximum Gasteiger partial charge on any atom is 0.0586 e. The van der Waals surface area contributed by atoms with Gasteiger partial charge in [-0.3, -0.25) is 0 Å². The molecule has 0 aliphatic heterocycles. The molecule has 62 heavy (non-hydrogen) atoms. The molecule has 4 nitrogen and oxygen atoms in total. The number of anilines is 10. The van der Waals surface area contributed by atoms with Crippen LogP contribution in [0.1, 0.15) is 23.6 Å². The number of hydrogen-bond donors (Lipinski definition) is 0. The van der Waals surface area contributed by atoms with Gasteiger partial charge >= 0.3 is 0 Å². The quantitative estimate of drug-likeness (QED) is 0.122. The molecule has 0 fully saturated rings. The third-order valence-electron chi connectivity index (χ3n) is 11.6. The molecule has 0 saturated carbocycles. The Kier molecular flexibility index (Phi) is 11.6. The van der Waals surface area contributed by atoms with Crippen molar-refractivity contribution in [1.29, 1.82) is 0 Å². The molecular weight excluding hydrogens is 753 g/mol. The molecule has 1 aliphatic rings. The van der Waals surface area contributed by atoms with E-state index in [2.05, 4.69) is 278 Å². The fourth-order valence-corrected chi connectivity index (χ4v) is 8.66. The molecule has 2 unspecified atom stereocenters. The highest BCUT2D eigenvalue weighted by molar-refractivity contribution is 5.82. The topological polar surface area (TPSA) is 13.0 Å². The first-order chi connectivity index (χ1) is 30.4. The van der Waals surface area contributed by atoms with E-state index in [0.717, 1.165) is 51.2 Å². The lowest BCUT2D eigenvalue weighted by Gasteiger charge is -2.38. The highest BCUT2D eigenvalue weighted by Gasteiger charge is 2.28. The molecule has 8 aromatic carbocycles. The van der Waals surface area contributed by atoms with E-state index in [1.54, 1.807) is 0 Å². The number of nitrogens with zero attached hydrogens (tertiary/aromatic N) is 4. The summed E-state index contributed by atoms with van der Waals surface area (Å²) in [7, 11) is 0. The lowest BCUT2D eigenvalue weighted by atomic mass is 9.92. The molecule has 0 heterocycles. The van der Waals surface area contributed by atoms with Gasteiger partial charge in [0, 0.05) is 68.5 Å². The summed E-state index contributed by atoms with van der Waals surface area (Å²) in [6.45, 7) is 8.80. The number of hydrogen-bond acceptors (Lipinski definition) is 4. The van der Waals surface area contributed by atoms with Crippen molar-refractivity contribution in [1.82, 2.24) is 0 Å². The minimum absolute atomic E-state index is 0.108. The van der Waals surface area contributed by atoms with Gasteiger partial charge < -0.3 is 19.6 Å². The summed E-state index contributed by atoms with van der Waals surface area (Å²) < 4.78 is 0. The molecular formula is C58H52N4. The molecule has 0 N–H and O–H groups in total. The predicted octanol–water partition coefficient (Wildman–Crippen LogP) is 16.0. The van der Waals surface area contributed by atoms with Crippen molar-refractivity contribution in [3.63, 3.8) is 0 Å². The molecule has 9 rings (SSSR count). The van der Waals surface area contributed by atoms with Crippen molar-refractivity contribution in [2.75, 3.05) is 19.6 Å². The van der Waals surface area contributed by atoms with Crippen LogP contribution in [-0.4, -0.2) is 6.04 Å². The Morgan fingerprint density at radius 1 is 0.323 bits per heavy atom. The molecule has 304 valence electrons. The van der Waals surface area contributed by atoms with E-state index in [4.69, 9.17) is 0 Å². The Balaban J connectivity index is 1.13. The van der Waals surface area contributed by atoms with Crippen LogP contribution in [0.25, 0.3) is 0 Å². The van der Waals surface area contributed by atoms with Gasteiger partial charge in [-0.2, -0.15) is 0 Å². The third-order valence-corrected chi connectivity index (χ3v) is 11.6. The van der Waals surface area contributed by atoms with E-state index in [-0.39, 0.29) is 12.0 Å². The fraction of sp³-hybridized carbons (Fsp3) is 0.103. The van der Waals surface area contributed by atoms with Crippen molar-refractivity contribution in [2.45, 2.75) is 33.7 Å². The summed E-state index contributed by atoms with van der Waals surface area (Å²) in [6, 6.07) is 76.4. The van der Waals surface area contributed by atoms with Gasteiger partial charge in [0.15, 0.2) is 0 Å². The lowest BCUT2D eigenvalue weighted by molar-refractivity contribution is 0.603. The van der Waals surface area contributed by atoms with Gasteiger partial charge in [-0.05, 0) is 165 Å². The molecule has 0 aromatic heterocycles. The largest absolute Gasteiger partial charge is 0.334 e. The minimum Gasteiger partial charge on any atom is -0.334 e. The van der Waals surface area contributed by atoms with Crippen LogP contribution in [0.5, 0.6) is 0 Å². The minimum atomic E-state index is 0.108. The number of allylic oxidation sites excluding steroid dienone is 1. The van der Waals surface area contributed by atoms with Crippen molar-refractivity contribution >= 4 is 56.9 Å². The summed E-state index contributed by atoms with van der Waals surface area (Å²) >= 11 is 0.